The Morgan fingerprint density at radius 2 is 1.80 bits per heavy atom. The molecular weight excluding hydrogens is 402 g/mol. The Morgan fingerprint density at radius 3 is 2.40 bits per heavy atom. The Hall–Kier alpha value is -2.54. The van der Waals surface area contributed by atoms with Gasteiger partial charge in [0.1, 0.15) is 11.5 Å². The number of hydrogen-bond donors (Lipinski definition) is 1. The third-order valence-corrected chi connectivity index (χ3v) is 8.10. The fraction of sp³-hybridized carbons (Fsp3) is 0.435. The second kappa shape index (κ2) is 6.74. The summed E-state index contributed by atoms with van der Waals surface area (Å²) in [6.45, 7) is 7.97. The lowest BCUT2D eigenvalue weighted by molar-refractivity contribution is -0.132. The van der Waals surface area contributed by atoms with E-state index < -0.39 is 32.6 Å². The van der Waals surface area contributed by atoms with Crippen LogP contribution in [0.1, 0.15) is 51.2 Å². The molecule has 30 heavy (non-hydrogen) atoms. The minimum atomic E-state index is -3.91. The minimum Gasteiger partial charge on any atom is -0.497 e. The number of carbonyl (C=O) groups excluding carboxylic acids is 1. The number of fused-ring (bicyclic) bond motifs is 4. The van der Waals surface area contributed by atoms with Gasteiger partial charge in [-0.05, 0) is 41.7 Å². The van der Waals surface area contributed by atoms with Gasteiger partial charge in [-0.2, -0.15) is 0 Å². The van der Waals surface area contributed by atoms with Crippen molar-refractivity contribution in [1.29, 1.82) is 0 Å². The molecule has 4 rings (SSSR count). The van der Waals surface area contributed by atoms with Crippen LogP contribution in [0.15, 0.2) is 47.4 Å². The Kier molecular flexibility index (Phi) is 4.65. The van der Waals surface area contributed by atoms with Crippen molar-refractivity contribution in [1.82, 2.24) is 5.32 Å². The van der Waals surface area contributed by atoms with Crippen LogP contribution in [0, 0.1) is 0 Å². The maximum absolute atomic E-state index is 13.6. The van der Waals surface area contributed by atoms with E-state index in [-0.39, 0.29) is 10.3 Å². The first-order chi connectivity index (χ1) is 13.9. The molecule has 2 aromatic rings. The van der Waals surface area contributed by atoms with Gasteiger partial charge in [-0.15, -0.1) is 0 Å². The molecule has 1 N–H and O–H groups in total. The number of sulfone groups is 1. The molecule has 0 aromatic heterocycles. The van der Waals surface area contributed by atoms with E-state index in [4.69, 9.17) is 9.47 Å². The number of benzene rings is 2. The normalized spacial score (nSPS) is 25.7. The van der Waals surface area contributed by atoms with Gasteiger partial charge in [-0.1, -0.05) is 39.0 Å². The summed E-state index contributed by atoms with van der Waals surface area (Å²) in [5, 5.41) is 1.56. The standard InChI is InChI=1S/C23H27NO5S/c1-22(2,3)14-6-9-16(10-7-14)30(26,27)20-18-13-23(4,24-21(20)25)29-19-12-15(28-5)8-11-17(18)19/h6-12,18,20H,13H2,1-5H3,(H,24,25)/t18-,20+,23-/m1/s1. The first kappa shape index (κ1) is 20.7. The van der Waals surface area contributed by atoms with Crippen LogP contribution in [0.25, 0.3) is 0 Å². The van der Waals surface area contributed by atoms with E-state index >= 15 is 0 Å². The molecule has 0 radical (unpaired) electrons. The van der Waals surface area contributed by atoms with Crippen LogP contribution in [-0.2, 0) is 20.0 Å². The molecule has 2 aliphatic rings. The molecule has 1 amide bonds. The summed E-state index contributed by atoms with van der Waals surface area (Å²) in [6, 6.07) is 12.1. The van der Waals surface area contributed by atoms with Crippen LogP contribution in [-0.4, -0.2) is 32.4 Å². The highest BCUT2D eigenvalue weighted by molar-refractivity contribution is 7.92. The molecule has 1 fully saturated rings. The van der Waals surface area contributed by atoms with Crippen molar-refractivity contribution >= 4 is 15.7 Å². The third kappa shape index (κ3) is 3.35. The van der Waals surface area contributed by atoms with Crippen LogP contribution >= 0.6 is 0 Å². The van der Waals surface area contributed by atoms with E-state index in [1.54, 1.807) is 44.4 Å². The van der Waals surface area contributed by atoms with Crippen molar-refractivity contribution in [2.45, 2.75) is 61.3 Å². The highest BCUT2D eigenvalue weighted by Gasteiger charge is 2.54. The van der Waals surface area contributed by atoms with Crippen LogP contribution in [0.4, 0.5) is 0 Å². The monoisotopic (exact) mass is 429 g/mol. The zero-order chi connectivity index (χ0) is 21.9. The van der Waals surface area contributed by atoms with Crippen molar-refractivity contribution in [3.63, 3.8) is 0 Å². The van der Waals surface area contributed by atoms with Gasteiger partial charge >= 0.3 is 0 Å². The summed E-state index contributed by atoms with van der Waals surface area (Å²) in [5.41, 5.74) is 0.697. The number of rotatable bonds is 3. The largest absolute Gasteiger partial charge is 0.497 e. The van der Waals surface area contributed by atoms with E-state index in [9.17, 15) is 13.2 Å². The SMILES string of the molecule is COc1ccc2c(c1)O[C@]1(C)C[C@H]2[C@H](S(=O)(=O)c2ccc(C(C)(C)C)cc2)C(=O)N1. The van der Waals surface area contributed by atoms with E-state index in [2.05, 4.69) is 26.1 Å². The van der Waals surface area contributed by atoms with E-state index in [1.807, 2.05) is 12.1 Å². The molecule has 2 aliphatic heterocycles. The molecule has 2 heterocycles. The van der Waals surface area contributed by atoms with Gasteiger partial charge in [0.15, 0.2) is 20.8 Å². The number of nitrogens with one attached hydrogen (secondary N) is 1. The molecule has 0 spiro atoms. The zero-order valence-corrected chi connectivity index (χ0v) is 18.7. The smallest absolute Gasteiger partial charge is 0.242 e. The molecular formula is C23H27NO5S. The highest BCUT2D eigenvalue weighted by atomic mass is 32.2. The fourth-order valence-corrected chi connectivity index (χ4v) is 6.18. The second-order valence-corrected chi connectivity index (χ2v) is 11.3. The average Bonchev–Trinajstić information content (AvgIpc) is 2.65. The molecule has 6 nitrogen and oxygen atoms in total. The predicted octanol–water partition coefficient (Wildman–Crippen LogP) is 3.55. The van der Waals surface area contributed by atoms with Crippen molar-refractivity contribution in [3.05, 3.63) is 53.6 Å². The van der Waals surface area contributed by atoms with E-state index in [0.717, 1.165) is 5.56 Å². The van der Waals surface area contributed by atoms with Crippen LogP contribution in [0.3, 0.4) is 0 Å². The van der Waals surface area contributed by atoms with Crippen molar-refractivity contribution < 1.29 is 22.7 Å². The molecule has 7 heteroatoms. The lowest BCUT2D eigenvalue weighted by Gasteiger charge is -2.46. The van der Waals surface area contributed by atoms with Gasteiger partial charge in [0, 0.05) is 18.4 Å². The highest BCUT2D eigenvalue weighted by Crippen LogP contribution is 2.48. The molecule has 2 aromatic carbocycles. The molecule has 0 unspecified atom stereocenters. The van der Waals surface area contributed by atoms with Crippen LogP contribution in [0.5, 0.6) is 11.5 Å². The number of carbonyl (C=O) groups is 1. The lowest BCUT2D eigenvalue weighted by Crippen LogP contribution is -2.63. The summed E-state index contributed by atoms with van der Waals surface area (Å²) in [6.07, 6.45) is 0.377. The molecule has 0 saturated carbocycles. The minimum absolute atomic E-state index is 0.0922. The van der Waals surface area contributed by atoms with E-state index in [0.29, 0.717) is 23.5 Å². The number of ether oxygens (including phenoxy) is 2. The number of methoxy groups -OCH3 is 1. The third-order valence-electron chi connectivity index (χ3n) is 5.96. The number of piperidine rings is 1. The molecule has 160 valence electrons. The lowest BCUT2D eigenvalue weighted by atomic mass is 9.81. The Bertz CT molecular complexity index is 1100. The summed E-state index contributed by atoms with van der Waals surface area (Å²) in [4.78, 5) is 13.2. The van der Waals surface area contributed by atoms with Crippen LogP contribution in [0.2, 0.25) is 0 Å². The van der Waals surface area contributed by atoms with Gasteiger partial charge < -0.3 is 14.8 Å². The quantitative estimate of drug-likeness (QED) is 0.807. The number of hydrogen-bond acceptors (Lipinski definition) is 5. The summed E-state index contributed by atoms with van der Waals surface area (Å²) in [7, 11) is -2.35. The Morgan fingerprint density at radius 1 is 1.13 bits per heavy atom. The zero-order valence-electron chi connectivity index (χ0n) is 17.9. The average molecular weight is 430 g/mol. The molecule has 0 aliphatic carbocycles. The molecule has 3 atom stereocenters. The van der Waals surface area contributed by atoms with Gasteiger partial charge in [0.2, 0.25) is 5.91 Å². The maximum atomic E-state index is 13.6. The Labute approximate surface area is 177 Å². The fourth-order valence-electron chi connectivity index (χ4n) is 4.36. The summed E-state index contributed by atoms with van der Waals surface area (Å²) < 4.78 is 38.4. The molecule has 1 saturated heterocycles. The summed E-state index contributed by atoms with van der Waals surface area (Å²) >= 11 is 0. The topological polar surface area (TPSA) is 81.7 Å². The van der Waals surface area contributed by atoms with Crippen LogP contribution < -0.4 is 14.8 Å². The van der Waals surface area contributed by atoms with Gasteiger partial charge in [-0.3, -0.25) is 4.79 Å². The van der Waals surface area contributed by atoms with Crippen molar-refractivity contribution in [2.75, 3.05) is 7.11 Å². The second-order valence-electron chi connectivity index (χ2n) is 9.28. The van der Waals surface area contributed by atoms with Crippen molar-refractivity contribution in [3.8, 4) is 11.5 Å². The van der Waals surface area contributed by atoms with Gasteiger partial charge in [0.05, 0.1) is 12.0 Å². The Balaban J connectivity index is 1.78. The number of amides is 1. The maximum Gasteiger partial charge on any atom is 0.242 e. The predicted molar refractivity (Wildman–Crippen MR) is 114 cm³/mol. The van der Waals surface area contributed by atoms with Gasteiger partial charge in [-0.25, -0.2) is 8.42 Å². The first-order valence-corrected chi connectivity index (χ1v) is 11.5. The summed E-state index contributed by atoms with van der Waals surface area (Å²) in [5.74, 6) is 0.109. The van der Waals surface area contributed by atoms with Gasteiger partial charge in [0.25, 0.3) is 0 Å². The first-order valence-electron chi connectivity index (χ1n) is 9.98. The van der Waals surface area contributed by atoms with Crippen molar-refractivity contribution in [2.24, 2.45) is 0 Å². The molecule has 2 bridgehead atoms. The van der Waals surface area contributed by atoms with E-state index in [1.165, 1.54) is 0 Å².